The number of methoxy groups -OCH3 is 1. The number of hydrogen-bond donors (Lipinski definition) is 1. The van der Waals surface area contributed by atoms with E-state index in [1.807, 2.05) is 6.92 Å². The van der Waals surface area contributed by atoms with E-state index in [1.54, 1.807) is 45.2 Å². The van der Waals surface area contributed by atoms with Gasteiger partial charge in [-0.05, 0) is 56.7 Å². The van der Waals surface area contributed by atoms with Crippen LogP contribution in [-0.2, 0) is 10.0 Å². The Labute approximate surface area is 125 Å². The van der Waals surface area contributed by atoms with E-state index in [4.69, 9.17) is 9.15 Å². The number of hydrogen-bond acceptors (Lipinski definition) is 4. The van der Waals surface area contributed by atoms with Gasteiger partial charge in [0.15, 0.2) is 0 Å². The maximum absolute atomic E-state index is 12.4. The van der Waals surface area contributed by atoms with Crippen LogP contribution in [0.15, 0.2) is 39.6 Å². The minimum absolute atomic E-state index is 0.205. The Bertz CT molecular complexity index is 734. The van der Waals surface area contributed by atoms with Crippen molar-refractivity contribution in [1.82, 2.24) is 4.72 Å². The van der Waals surface area contributed by atoms with Crippen molar-refractivity contribution < 1.29 is 17.6 Å². The lowest BCUT2D eigenvalue weighted by molar-refractivity contribution is 0.411. The van der Waals surface area contributed by atoms with E-state index >= 15 is 0 Å². The van der Waals surface area contributed by atoms with Crippen LogP contribution in [0, 0.1) is 13.8 Å². The first kappa shape index (κ1) is 15.6. The molecule has 1 aromatic carbocycles. The van der Waals surface area contributed by atoms with E-state index in [0.717, 1.165) is 11.3 Å². The molecule has 6 heteroatoms. The Morgan fingerprint density at radius 1 is 1.19 bits per heavy atom. The zero-order valence-electron chi connectivity index (χ0n) is 12.5. The molecule has 21 heavy (non-hydrogen) atoms. The molecule has 1 heterocycles. The molecule has 0 amide bonds. The summed E-state index contributed by atoms with van der Waals surface area (Å²) in [7, 11) is -2.06. The Morgan fingerprint density at radius 2 is 1.90 bits per heavy atom. The molecule has 1 aromatic heterocycles. The summed E-state index contributed by atoms with van der Waals surface area (Å²) in [6.45, 7) is 5.36. The SMILES string of the molecule is COc1ccc(S(=O)(=O)NC(C)c2ccc(C)o2)cc1C. The summed E-state index contributed by atoms with van der Waals surface area (Å²) < 4.78 is 37.9. The van der Waals surface area contributed by atoms with Crippen LogP contribution in [0.2, 0.25) is 0 Å². The highest BCUT2D eigenvalue weighted by atomic mass is 32.2. The van der Waals surface area contributed by atoms with Crippen LogP contribution in [0.5, 0.6) is 5.75 Å². The van der Waals surface area contributed by atoms with Crippen molar-refractivity contribution in [3.05, 3.63) is 47.4 Å². The van der Waals surface area contributed by atoms with Gasteiger partial charge in [-0.1, -0.05) is 0 Å². The van der Waals surface area contributed by atoms with Gasteiger partial charge in [-0.15, -0.1) is 0 Å². The minimum atomic E-state index is -3.61. The minimum Gasteiger partial charge on any atom is -0.496 e. The molecule has 0 aliphatic carbocycles. The number of sulfonamides is 1. The topological polar surface area (TPSA) is 68.5 Å². The summed E-state index contributed by atoms with van der Waals surface area (Å²) in [6, 6.07) is 7.88. The first-order valence-corrected chi connectivity index (χ1v) is 8.05. The highest BCUT2D eigenvalue weighted by Crippen LogP contribution is 2.23. The first-order chi connectivity index (χ1) is 9.83. The van der Waals surface area contributed by atoms with Crippen LogP contribution < -0.4 is 9.46 Å². The molecule has 1 unspecified atom stereocenters. The zero-order chi connectivity index (χ0) is 15.6. The fraction of sp³-hybridized carbons (Fsp3) is 0.333. The predicted molar refractivity (Wildman–Crippen MR) is 79.9 cm³/mol. The Kier molecular flexibility index (Phi) is 4.39. The summed E-state index contributed by atoms with van der Waals surface area (Å²) in [5.41, 5.74) is 0.766. The lowest BCUT2D eigenvalue weighted by Gasteiger charge is -2.13. The molecule has 1 N–H and O–H groups in total. The number of nitrogens with one attached hydrogen (secondary N) is 1. The van der Waals surface area contributed by atoms with Crippen LogP contribution in [-0.4, -0.2) is 15.5 Å². The Balaban J connectivity index is 2.24. The number of rotatable bonds is 5. The van der Waals surface area contributed by atoms with Crippen LogP contribution in [0.3, 0.4) is 0 Å². The maximum Gasteiger partial charge on any atom is 0.241 e. The van der Waals surface area contributed by atoms with Crippen molar-refractivity contribution in [2.24, 2.45) is 0 Å². The smallest absolute Gasteiger partial charge is 0.241 e. The maximum atomic E-state index is 12.4. The number of aryl methyl sites for hydroxylation is 2. The van der Waals surface area contributed by atoms with Crippen LogP contribution >= 0.6 is 0 Å². The van der Waals surface area contributed by atoms with Gasteiger partial charge in [0.1, 0.15) is 17.3 Å². The molecule has 2 rings (SSSR count). The molecule has 0 spiro atoms. The largest absolute Gasteiger partial charge is 0.496 e. The third-order valence-electron chi connectivity index (χ3n) is 3.20. The van der Waals surface area contributed by atoms with Gasteiger partial charge in [0, 0.05) is 0 Å². The molecule has 0 aliphatic rings. The molecule has 114 valence electrons. The van der Waals surface area contributed by atoms with Crippen molar-refractivity contribution >= 4 is 10.0 Å². The van der Waals surface area contributed by atoms with Crippen molar-refractivity contribution in [3.8, 4) is 5.75 Å². The monoisotopic (exact) mass is 309 g/mol. The second kappa shape index (κ2) is 5.91. The summed E-state index contributed by atoms with van der Waals surface area (Å²) in [6.07, 6.45) is 0. The molecule has 1 atom stereocenters. The molecule has 2 aromatic rings. The van der Waals surface area contributed by atoms with Gasteiger partial charge >= 0.3 is 0 Å². The van der Waals surface area contributed by atoms with Gasteiger partial charge in [-0.25, -0.2) is 13.1 Å². The molecule has 0 radical (unpaired) electrons. The van der Waals surface area contributed by atoms with Crippen molar-refractivity contribution in [1.29, 1.82) is 0 Å². The van der Waals surface area contributed by atoms with E-state index in [9.17, 15) is 8.42 Å². The summed E-state index contributed by atoms with van der Waals surface area (Å²) >= 11 is 0. The Morgan fingerprint density at radius 3 is 2.43 bits per heavy atom. The van der Waals surface area contributed by atoms with Gasteiger partial charge in [-0.2, -0.15) is 0 Å². The molecule has 0 saturated heterocycles. The zero-order valence-corrected chi connectivity index (χ0v) is 13.3. The molecule has 0 fully saturated rings. The van der Waals surface area contributed by atoms with E-state index in [1.165, 1.54) is 6.07 Å². The average Bonchev–Trinajstić information content (AvgIpc) is 2.85. The van der Waals surface area contributed by atoms with E-state index in [2.05, 4.69) is 4.72 Å². The van der Waals surface area contributed by atoms with Crippen molar-refractivity contribution in [2.45, 2.75) is 31.7 Å². The summed E-state index contributed by atoms with van der Waals surface area (Å²) in [4.78, 5) is 0.205. The van der Waals surface area contributed by atoms with E-state index < -0.39 is 16.1 Å². The van der Waals surface area contributed by atoms with Crippen LogP contribution in [0.25, 0.3) is 0 Å². The molecular formula is C15H19NO4S. The lowest BCUT2D eigenvalue weighted by atomic mass is 10.2. The number of furan rings is 1. The van der Waals surface area contributed by atoms with Gasteiger partial charge < -0.3 is 9.15 Å². The molecular weight excluding hydrogens is 290 g/mol. The number of ether oxygens (including phenoxy) is 1. The molecule has 5 nitrogen and oxygen atoms in total. The lowest BCUT2D eigenvalue weighted by Crippen LogP contribution is -2.26. The average molecular weight is 309 g/mol. The standard InChI is InChI=1S/C15H19NO4S/c1-10-9-13(6-8-14(10)19-4)21(17,18)16-12(3)15-7-5-11(2)20-15/h5-9,12,16H,1-4H3. The third kappa shape index (κ3) is 3.46. The normalized spacial score (nSPS) is 13.1. The fourth-order valence-electron chi connectivity index (χ4n) is 2.06. The van der Waals surface area contributed by atoms with Gasteiger partial charge in [0.25, 0.3) is 0 Å². The molecule has 0 aliphatic heterocycles. The quantitative estimate of drug-likeness (QED) is 0.922. The second-order valence-corrected chi connectivity index (χ2v) is 6.64. The van der Waals surface area contributed by atoms with Gasteiger partial charge in [0.05, 0.1) is 18.0 Å². The summed E-state index contributed by atoms with van der Waals surface area (Å²) in [5, 5.41) is 0. The molecule has 0 bridgehead atoms. The van der Waals surface area contributed by atoms with Crippen molar-refractivity contribution in [3.63, 3.8) is 0 Å². The van der Waals surface area contributed by atoms with Crippen molar-refractivity contribution in [2.75, 3.05) is 7.11 Å². The first-order valence-electron chi connectivity index (χ1n) is 6.57. The summed E-state index contributed by atoms with van der Waals surface area (Å²) in [5.74, 6) is 1.99. The highest BCUT2D eigenvalue weighted by molar-refractivity contribution is 7.89. The number of benzene rings is 1. The van der Waals surface area contributed by atoms with Crippen LogP contribution in [0.1, 0.15) is 30.0 Å². The predicted octanol–water partition coefficient (Wildman–Crippen LogP) is 2.94. The fourth-order valence-corrected chi connectivity index (χ4v) is 3.36. The third-order valence-corrected chi connectivity index (χ3v) is 4.73. The van der Waals surface area contributed by atoms with Crippen LogP contribution in [0.4, 0.5) is 0 Å². The highest BCUT2D eigenvalue weighted by Gasteiger charge is 2.20. The van der Waals surface area contributed by atoms with E-state index in [-0.39, 0.29) is 4.90 Å². The second-order valence-electron chi connectivity index (χ2n) is 4.92. The van der Waals surface area contributed by atoms with Gasteiger partial charge in [-0.3, -0.25) is 0 Å². The molecule has 0 saturated carbocycles. The van der Waals surface area contributed by atoms with Gasteiger partial charge in [0.2, 0.25) is 10.0 Å². The Hall–Kier alpha value is -1.79. The van der Waals surface area contributed by atoms with E-state index in [0.29, 0.717) is 11.5 Å².